The first kappa shape index (κ1) is 9.22. The predicted molar refractivity (Wildman–Crippen MR) is 47.9 cm³/mol. The van der Waals surface area contributed by atoms with Gasteiger partial charge in [-0.25, -0.2) is 0 Å². The summed E-state index contributed by atoms with van der Waals surface area (Å²) in [5, 5.41) is 0. The molecule has 0 aromatic heterocycles. The molecule has 0 fully saturated rings. The summed E-state index contributed by atoms with van der Waals surface area (Å²) in [4.78, 5) is 0. The Labute approximate surface area is 64.0 Å². The average Bonchev–Trinajstić information content (AvgIpc) is 1.87. The van der Waals surface area contributed by atoms with Gasteiger partial charge in [0.1, 0.15) is 0 Å². The van der Waals surface area contributed by atoms with Gasteiger partial charge in [-0.3, -0.25) is 0 Å². The zero-order valence-corrected chi connectivity index (χ0v) is 6.93. The fraction of sp³-hybridized carbons (Fsp3) is 0.400. The first-order chi connectivity index (χ1) is 4.66. The van der Waals surface area contributed by atoms with Crippen LogP contribution in [0.25, 0.3) is 0 Å². The highest BCUT2D eigenvalue weighted by atomic mass is 13.9. The normalized spacial score (nSPS) is 13.4. The second-order valence-corrected chi connectivity index (χ2v) is 2.70. The number of rotatable bonds is 4. The molecule has 56 valence electrons. The summed E-state index contributed by atoms with van der Waals surface area (Å²) >= 11 is 0. The summed E-state index contributed by atoms with van der Waals surface area (Å²) in [6.07, 6.45) is 7.20. The van der Waals surface area contributed by atoms with Crippen molar-refractivity contribution in [3.05, 3.63) is 37.0 Å². The van der Waals surface area contributed by atoms with E-state index in [0.717, 1.165) is 12.0 Å². The van der Waals surface area contributed by atoms with E-state index in [1.807, 2.05) is 19.1 Å². The molecule has 0 spiro atoms. The van der Waals surface area contributed by atoms with Gasteiger partial charge in [0.25, 0.3) is 0 Å². The van der Waals surface area contributed by atoms with Crippen molar-refractivity contribution in [3.63, 3.8) is 0 Å². The Morgan fingerprint density at radius 3 is 2.60 bits per heavy atom. The van der Waals surface area contributed by atoms with Crippen molar-refractivity contribution in [2.45, 2.75) is 20.3 Å². The van der Waals surface area contributed by atoms with Crippen molar-refractivity contribution in [2.75, 3.05) is 0 Å². The molecule has 0 rings (SSSR count). The van der Waals surface area contributed by atoms with Crippen LogP contribution in [0.15, 0.2) is 37.0 Å². The Morgan fingerprint density at radius 2 is 2.20 bits per heavy atom. The van der Waals surface area contributed by atoms with E-state index in [2.05, 4.69) is 26.2 Å². The van der Waals surface area contributed by atoms with Gasteiger partial charge >= 0.3 is 0 Å². The number of allylic oxidation sites excluding steroid dienone is 4. The molecule has 0 heterocycles. The topological polar surface area (TPSA) is 0 Å². The van der Waals surface area contributed by atoms with Crippen LogP contribution in [0.4, 0.5) is 0 Å². The maximum Gasteiger partial charge on any atom is -0.0230 e. The monoisotopic (exact) mass is 136 g/mol. The predicted octanol–water partition coefficient (Wildman–Crippen LogP) is 3.33. The van der Waals surface area contributed by atoms with E-state index in [0.29, 0.717) is 5.92 Å². The van der Waals surface area contributed by atoms with Gasteiger partial charge in [0.15, 0.2) is 0 Å². The lowest BCUT2D eigenvalue weighted by molar-refractivity contribution is 0.746. The van der Waals surface area contributed by atoms with E-state index in [9.17, 15) is 0 Å². The third-order valence-electron chi connectivity index (χ3n) is 1.31. The van der Waals surface area contributed by atoms with Crippen LogP contribution in [0.1, 0.15) is 20.3 Å². The Morgan fingerprint density at radius 1 is 1.60 bits per heavy atom. The molecule has 0 amide bonds. The molecular formula is C10H16. The molecule has 0 unspecified atom stereocenters. The third-order valence-corrected chi connectivity index (χ3v) is 1.31. The lowest BCUT2D eigenvalue weighted by Gasteiger charge is -1.97. The maximum atomic E-state index is 3.77. The average molecular weight is 136 g/mol. The van der Waals surface area contributed by atoms with Gasteiger partial charge in [-0.05, 0) is 19.3 Å². The Hall–Kier alpha value is -0.780. The van der Waals surface area contributed by atoms with Crippen molar-refractivity contribution in [3.8, 4) is 0 Å². The van der Waals surface area contributed by atoms with Gasteiger partial charge in [-0.1, -0.05) is 37.3 Å². The summed E-state index contributed by atoms with van der Waals surface area (Å²) in [5.74, 6) is 0.579. The molecular weight excluding hydrogens is 120 g/mol. The highest BCUT2D eigenvalue weighted by molar-refractivity contribution is 5.11. The van der Waals surface area contributed by atoms with E-state index in [1.165, 1.54) is 0 Å². The van der Waals surface area contributed by atoms with Crippen molar-refractivity contribution in [1.29, 1.82) is 0 Å². The van der Waals surface area contributed by atoms with E-state index in [4.69, 9.17) is 0 Å². The minimum atomic E-state index is 0.579. The van der Waals surface area contributed by atoms with Crippen LogP contribution in [0, 0.1) is 5.92 Å². The van der Waals surface area contributed by atoms with Crippen molar-refractivity contribution in [2.24, 2.45) is 5.92 Å². The van der Waals surface area contributed by atoms with Gasteiger partial charge in [0.05, 0.1) is 0 Å². The van der Waals surface area contributed by atoms with Crippen LogP contribution in [-0.4, -0.2) is 0 Å². The third kappa shape index (κ3) is 5.36. The van der Waals surface area contributed by atoms with E-state index in [1.54, 1.807) is 0 Å². The molecule has 0 N–H and O–H groups in total. The standard InChI is InChI=1S/C10H16/c1-5-10(4)8-6-7-9(2)3/h5-7,10H,1-2,8H2,3-4H3/b7-6+/t10-/m1/s1. The molecule has 1 atom stereocenters. The smallest absolute Gasteiger partial charge is 0.0230 e. The van der Waals surface area contributed by atoms with Gasteiger partial charge in [0, 0.05) is 0 Å². The lowest BCUT2D eigenvalue weighted by Crippen LogP contribution is -1.83. The van der Waals surface area contributed by atoms with Gasteiger partial charge < -0.3 is 0 Å². The van der Waals surface area contributed by atoms with Crippen molar-refractivity contribution >= 4 is 0 Å². The molecule has 0 bridgehead atoms. The van der Waals surface area contributed by atoms with Crippen LogP contribution in [0.5, 0.6) is 0 Å². The summed E-state index contributed by atoms with van der Waals surface area (Å²) in [6, 6.07) is 0. The molecule has 0 aliphatic heterocycles. The second kappa shape index (κ2) is 5.04. The minimum absolute atomic E-state index is 0.579. The van der Waals surface area contributed by atoms with E-state index < -0.39 is 0 Å². The summed E-state index contributed by atoms with van der Waals surface area (Å²) in [5.41, 5.74) is 1.11. The van der Waals surface area contributed by atoms with Gasteiger partial charge in [0.2, 0.25) is 0 Å². The van der Waals surface area contributed by atoms with Gasteiger partial charge in [-0.15, -0.1) is 6.58 Å². The highest BCUT2D eigenvalue weighted by Crippen LogP contribution is 2.03. The Bertz CT molecular complexity index is 140. The highest BCUT2D eigenvalue weighted by Gasteiger charge is 1.88. The summed E-state index contributed by atoms with van der Waals surface area (Å²) in [7, 11) is 0. The molecule has 0 saturated heterocycles. The summed E-state index contributed by atoms with van der Waals surface area (Å²) < 4.78 is 0. The zero-order chi connectivity index (χ0) is 7.98. The molecule has 0 aromatic carbocycles. The fourth-order valence-electron chi connectivity index (χ4n) is 0.580. The van der Waals surface area contributed by atoms with E-state index in [-0.39, 0.29) is 0 Å². The van der Waals surface area contributed by atoms with Crippen LogP contribution in [0.2, 0.25) is 0 Å². The Balaban J connectivity index is 3.52. The largest absolute Gasteiger partial charge is 0.103 e. The maximum absolute atomic E-state index is 3.77. The van der Waals surface area contributed by atoms with Crippen LogP contribution < -0.4 is 0 Å². The Kier molecular flexibility index (Phi) is 4.65. The molecule has 0 aliphatic rings. The molecule has 0 heteroatoms. The SMILES string of the molecule is C=C[C@@H](C)C/C=C/C(=C)C. The van der Waals surface area contributed by atoms with Crippen LogP contribution in [0.3, 0.4) is 0 Å². The van der Waals surface area contributed by atoms with Crippen molar-refractivity contribution < 1.29 is 0 Å². The molecule has 0 aliphatic carbocycles. The molecule has 0 saturated carbocycles. The molecule has 0 aromatic rings. The fourth-order valence-corrected chi connectivity index (χ4v) is 0.580. The van der Waals surface area contributed by atoms with Crippen LogP contribution in [-0.2, 0) is 0 Å². The quantitative estimate of drug-likeness (QED) is 0.411. The number of hydrogen-bond donors (Lipinski definition) is 0. The second-order valence-electron chi connectivity index (χ2n) is 2.70. The lowest BCUT2D eigenvalue weighted by atomic mass is 10.1. The minimum Gasteiger partial charge on any atom is -0.103 e. The zero-order valence-electron chi connectivity index (χ0n) is 6.93. The van der Waals surface area contributed by atoms with Crippen molar-refractivity contribution in [1.82, 2.24) is 0 Å². The molecule has 10 heavy (non-hydrogen) atoms. The molecule has 0 nitrogen and oxygen atoms in total. The van der Waals surface area contributed by atoms with Gasteiger partial charge in [-0.2, -0.15) is 0 Å². The van der Waals surface area contributed by atoms with E-state index >= 15 is 0 Å². The molecule has 0 radical (unpaired) electrons. The number of hydrogen-bond acceptors (Lipinski definition) is 0. The first-order valence-corrected chi connectivity index (χ1v) is 3.61. The summed E-state index contributed by atoms with van der Waals surface area (Å²) in [6.45, 7) is 11.6. The first-order valence-electron chi connectivity index (χ1n) is 3.61. The van der Waals surface area contributed by atoms with Crippen LogP contribution >= 0.6 is 0 Å².